The third kappa shape index (κ3) is 2.35. The number of rotatable bonds is 4. The molecule has 0 saturated heterocycles. The van der Waals surface area contributed by atoms with E-state index in [0.717, 1.165) is 5.56 Å². The van der Waals surface area contributed by atoms with Gasteiger partial charge in [-0.25, -0.2) is 9.78 Å². The lowest BCUT2D eigenvalue weighted by Crippen LogP contribution is -2.04. The van der Waals surface area contributed by atoms with Crippen LogP contribution in [0.3, 0.4) is 0 Å². The fraction of sp³-hybridized carbons (Fsp3) is 0.143. The van der Waals surface area contributed by atoms with Gasteiger partial charge in [0.2, 0.25) is 12.7 Å². The Morgan fingerprint density at radius 3 is 3.00 bits per heavy atom. The molecule has 0 saturated carbocycles. The second-order valence-electron chi connectivity index (χ2n) is 4.14. The minimum absolute atomic E-state index is 0.0354. The van der Waals surface area contributed by atoms with Gasteiger partial charge >= 0.3 is 5.97 Å². The Morgan fingerprint density at radius 2 is 2.15 bits per heavy atom. The Kier molecular flexibility index (Phi) is 3.12. The van der Waals surface area contributed by atoms with Crippen molar-refractivity contribution in [3.63, 3.8) is 0 Å². The fourth-order valence-electron chi connectivity index (χ4n) is 1.85. The van der Waals surface area contributed by atoms with E-state index in [-0.39, 0.29) is 24.8 Å². The van der Waals surface area contributed by atoms with Crippen molar-refractivity contribution in [2.75, 3.05) is 6.79 Å². The molecule has 0 aliphatic carbocycles. The molecule has 6 heteroatoms. The number of carboxylic acids is 1. The topological polar surface area (TPSA) is 77.9 Å². The second-order valence-corrected chi connectivity index (χ2v) is 4.14. The average Bonchev–Trinajstić information content (AvgIpc) is 2.92. The molecule has 2 aromatic rings. The summed E-state index contributed by atoms with van der Waals surface area (Å²) in [6, 6.07) is 8.42. The Hall–Kier alpha value is -2.76. The summed E-state index contributed by atoms with van der Waals surface area (Å²) in [4.78, 5) is 15.0. The number of fused-ring (bicyclic) bond motifs is 1. The van der Waals surface area contributed by atoms with E-state index < -0.39 is 5.97 Å². The molecule has 3 rings (SSSR count). The maximum absolute atomic E-state index is 11.0. The number of carboxylic acid groups (broad SMARTS) is 1. The van der Waals surface area contributed by atoms with Crippen LogP contribution >= 0.6 is 0 Å². The van der Waals surface area contributed by atoms with Gasteiger partial charge in [0.15, 0.2) is 11.5 Å². The molecule has 0 atom stereocenters. The first-order valence-corrected chi connectivity index (χ1v) is 5.93. The quantitative estimate of drug-likeness (QED) is 0.919. The highest BCUT2D eigenvalue weighted by atomic mass is 16.7. The highest BCUT2D eigenvalue weighted by molar-refractivity contribution is 5.90. The summed E-state index contributed by atoms with van der Waals surface area (Å²) in [7, 11) is 0. The van der Waals surface area contributed by atoms with Crippen LogP contribution in [0, 0.1) is 0 Å². The van der Waals surface area contributed by atoms with Gasteiger partial charge in [0, 0.05) is 6.20 Å². The van der Waals surface area contributed by atoms with Crippen LogP contribution in [0.2, 0.25) is 0 Å². The standard InChI is InChI=1S/C14H11NO5/c16-14(17)10-2-1-5-15-13(10)18-7-9-3-4-11-12(6-9)20-8-19-11/h1-6H,7-8H2,(H,16,17). The molecule has 0 radical (unpaired) electrons. The summed E-state index contributed by atoms with van der Waals surface area (Å²) in [5.74, 6) is 0.375. The number of aromatic carboxylic acids is 1. The molecule has 20 heavy (non-hydrogen) atoms. The average molecular weight is 273 g/mol. The lowest BCUT2D eigenvalue weighted by atomic mass is 10.2. The minimum Gasteiger partial charge on any atom is -0.477 e. The summed E-state index contributed by atoms with van der Waals surface area (Å²) in [6.45, 7) is 0.414. The lowest BCUT2D eigenvalue weighted by molar-refractivity contribution is 0.0690. The summed E-state index contributed by atoms with van der Waals surface area (Å²) in [5.41, 5.74) is 0.879. The molecule has 0 amide bonds. The number of ether oxygens (including phenoxy) is 3. The van der Waals surface area contributed by atoms with Gasteiger partial charge in [-0.15, -0.1) is 0 Å². The summed E-state index contributed by atoms with van der Waals surface area (Å²) in [5, 5.41) is 9.03. The monoisotopic (exact) mass is 273 g/mol. The van der Waals surface area contributed by atoms with Gasteiger partial charge in [-0.1, -0.05) is 6.07 Å². The fourth-order valence-corrected chi connectivity index (χ4v) is 1.85. The first kappa shape index (κ1) is 12.3. The number of nitrogens with zero attached hydrogens (tertiary/aromatic N) is 1. The first-order chi connectivity index (χ1) is 9.74. The van der Waals surface area contributed by atoms with Crippen molar-refractivity contribution in [3.05, 3.63) is 47.7 Å². The molecule has 0 spiro atoms. The normalized spacial score (nSPS) is 12.2. The van der Waals surface area contributed by atoms with Crippen LogP contribution in [0.1, 0.15) is 15.9 Å². The molecule has 1 aliphatic heterocycles. The molecule has 1 aromatic carbocycles. The Bertz CT molecular complexity index is 656. The number of benzene rings is 1. The van der Waals surface area contributed by atoms with E-state index in [1.807, 2.05) is 6.07 Å². The smallest absolute Gasteiger partial charge is 0.341 e. The van der Waals surface area contributed by atoms with Crippen LogP contribution in [0.25, 0.3) is 0 Å². The predicted octanol–water partition coefficient (Wildman–Crippen LogP) is 2.09. The van der Waals surface area contributed by atoms with Crippen LogP contribution in [-0.4, -0.2) is 22.9 Å². The molecule has 102 valence electrons. The van der Waals surface area contributed by atoms with Gasteiger partial charge in [-0.05, 0) is 29.8 Å². The van der Waals surface area contributed by atoms with Crippen LogP contribution in [0.5, 0.6) is 17.4 Å². The van der Waals surface area contributed by atoms with Crippen molar-refractivity contribution in [3.8, 4) is 17.4 Å². The number of hydrogen-bond acceptors (Lipinski definition) is 5. The largest absolute Gasteiger partial charge is 0.477 e. The highest BCUT2D eigenvalue weighted by Gasteiger charge is 2.15. The molecule has 0 fully saturated rings. The van der Waals surface area contributed by atoms with Crippen LogP contribution in [0.15, 0.2) is 36.5 Å². The zero-order valence-electron chi connectivity index (χ0n) is 10.4. The SMILES string of the molecule is O=C(O)c1cccnc1OCc1ccc2c(c1)OCO2. The van der Waals surface area contributed by atoms with Gasteiger partial charge in [0.05, 0.1) is 0 Å². The number of carbonyl (C=O) groups is 1. The van der Waals surface area contributed by atoms with Gasteiger partial charge in [-0.3, -0.25) is 0 Å². The summed E-state index contributed by atoms with van der Waals surface area (Å²) >= 11 is 0. The molecule has 0 bridgehead atoms. The van der Waals surface area contributed by atoms with Crippen molar-refractivity contribution >= 4 is 5.97 Å². The zero-order valence-corrected chi connectivity index (χ0v) is 10.4. The highest BCUT2D eigenvalue weighted by Crippen LogP contribution is 2.32. The van der Waals surface area contributed by atoms with Gasteiger partial charge in [0.1, 0.15) is 12.2 Å². The van der Waals surface area contributed by atoms with E-state index in [4.69, 9.17) is 19.3 Å². The molecular formula is C14H11NO5. The van der Waals surface area contributed by atoms with Crippen LogP contribution in [-0.2, 0) is 6.61 Å². The summed E-state index contributed by atoms with van der Waals surface area (Å²) < 4.78 is 15.9. The molecule has 2 heterocycles. The maximum Gasteiger partial charge on any atom is 0.341 e. The molecule has 1 aliphatic rings. The third-order valence-corrected chi connectivity index (χ3v) is 2.81. The van der Waals surface area contributed by atoms with Crippen molar-refractivity contribution < 1.29 is 24.1 Å². The second kappa shape index (κ2) is 5.08. The Morgan fingerprint density at radius 1 is 1.30 bits per heavy atom. The maximum atomic E-state index is 11.0. The van der Waals surface area contributed by atoms with Crippen LogP contribution < -0.4 is 14.2 Å². The summed E-state index contributed by atoms with van der Waals surface area (Å²) in [6.07, 6.45) is 1.49. The van der Waals surface area contributed by atoms with E-state index in [2.05, 4.69) is 4.98 Å². The number of aromatic nitrogens is 1. The van der Waals surface area contributed by atoms with E-state index in [1.54, 1.807) is 18.2 Å². The third-order valence-electron chi connectivity index (χ3n) is 2.81. The number of pyridine rings is 1. The predicted molar refractivity (Wildman–Crippen MR) is 68.1 cm³/mol. The number of hydrogen-bond donors (Lipinski definition) is 1. The minimum atomic E-state index is -1.07. The van der Waals surface area contributed by atoms with Gasteiger partial charge in [0.25, 0.3) is 0 Å². The first-order valence-electron chi connectivity index (χ1n) is 5.93. The Labute approximate surface area is 114 Å². The van der Waals surface area contributed by atoms with Crippen molar-refractivity contribution in [2.45, 2.75) is 6.61 Å². The van der Waals surface area contributed by atoms with Crippen molar-refractivity contribution in [1.82, 2.24) is 4.98 Å². The van der Waals surface area contributed by atoms with Crippen LogP contribution in [0.4, 0.5) is 0 Å². The lowest BCUT2D eigenvalue weighted by Gasteiger charge is -2.08. The van der Waals surface area contributed by atoms with E-state index in [9.17, 15) is 4.79 Å². The zero-order chi connectivity index (χ0) is 13.9. The molecular weight excluding hydrogens is 262 g/mol. The van der Waals surface area contributed by atoms with Gasteiger partial charge < -0.3 is 19.3 Å². The Balaban J connectivity index is 1.75. The van der Waals surface area contributed by atoms with Crippen molar-refractivity contribution in [1.29, 1.82) is 0 Å². The van der Waals surface area contributed by atoms with Crippen molar-refractivity contribution in [2.24, 2.45) is 0 Å². The van der Waals surface area contributed by atoms with E-state index >= 15 is 0 Å². The molecule has 1 aromatic heterocycles. The molecule has 6 nitrogen and oxygen atoms in total. The molecule has 0 unspecified atom stereocenters. The van der Waals surface area contributed by atoms with Gasteiger partial charge in [-0.2, -0.15) is 0 Å². The van der Waals surface area contributed by atoms with E-state index in [0.29, 0.717) is 11.5 Å². The molecule has 1 N–H and O–H groups in total. The van der Waals surface area contributed by atoms with E-state index in [1.165, 1.54) is 12.3 Å².